The van der Waals surface area contributed by atoms with Crippen LogP contribution in [0.5, 0.6) is 0 Å². The summed E-state index contributed by atoms with van der Waals surface area (Å²) in [5.41, 5.74) is 7.78. The molecule has 2 amide bonds. The minimum absolute atomic E-state index is 0.187. The van der Waals surface area contributed by atoms with E-state index in [1.165, 1.54) is 12.1 Å². The molecule has 1 aliphatic carbocycles. The Morgan fingerprint density at radius 2 is 1.86 bits per heavy atom. The number of nitrogen functional groups attached to an aromatic ring is 1. The molecule has 3 heterocycles. The number of ether oxygens (including phenoxy) is 1. The molecule has 3 fully saturated rings. The number of hydrogen-bond acceptors (Lipinski definition) is 5. The van der Waals surface area contributed by atoms with Gasteiger partial charge in [-0.25, -0.2) is 14.2 Å². The highest BCUT2D eigenvalue weighted by Crippen LogP contribution is 2.46. The van der Waals surface area contributed by atoms with E-state index in [1.807, 2.05) is 4.90 Å². The molecule has 7 nitrogen and oxygen atoms in total. The molecule has 8 heteroatoms. The molecule has 2 saturated heterocycles. The average molecular weight is 383 g/mol. The van der Waals surface area contributed by atoms with Gasteiger partial charge in [-0.1, -0.05) is 0 Å². The molecule has 0 radical (unpaired) electrons. The SMILES string of the molecule is Nc1ccc(-c2ccc(F)cc2)nc1NC(=O)N1CC2[C@H](C1)[C@H]2NC1COC1. The van der Waals surface area contributed by atoms with E-state index in [4.69, 9.17) is 10.5 Å². The summed E-state index contributed by atoms with van der Waals surface area (Å²) in [6, 6.07) is 10.3. The zero-order chi connectivity index (χ0) is 19.3. The number of urea groups is 1. The number of anilines is 2. The van der Waals surface area contributed by atoms with Gasteiger partial charge in [0.05, 0.1) is 30.6 Å². The molecule has 1 saturated carbocycles. The topological polar surface area (TPSA) is 92.5 Å². The van der Waals surface area contributed by atoms with E-state index in [1.54, 1.807) is 24.3 Å². The van der Waals surface area contributed by atoms with Gasteiger partial charge >= 0.3 is 6.03 Å². The van der Waals surface area contributed by atoms with Crippen molar-refractivity contribution in [2.45, 2.75) is 12.1 Å². The van der Waals surface area contributed by atoms with E-state index >= 15 is 0 Å². The number of benzene rings is 1. The summed E-state index contributed by atoms with van der Waals surface area (Å²) in [6.07, 6.45) is 0. The minimum atomic E-state index is -0.307. The fourth-order valence-electron chi connectivity index (χ4n) is 4.08. The molecule has 4 N–H and O–H groups in total. The molecule has 3 atom stereocenters. The third-order valence-electron chi connectivity index (χ3n) is 5.84. The lowest BCUT2D eigenvalue weighted by Crippen LogP contribution is -2.49. The quantitative estimate of drug-likeness (QED) is 0.750. The van der Waals surface area contributed by atoms with E-state index in [-0.39, 0.29) is 11.8 Å². The summed E-state index contributed by atoms with van der Waals surface area (Å²) in [5, 5.41) is 6.43. The maximum absolute atomic E-state index is 13.1. The maximum Gasteiger partial charge on any atom is 0.323 e. The van der Waals surface area contributed by atoms with Crippen molar-refractivity contribution in [1.29, 1.82) is 0 Å². The van der Waals surface area contributed by atoms with E-state index < -0.39 is 0 Å². The van der Waals surface area contributed by atoms with Crippen LogP contribution in [0.4, 0.5) is 20.7 Å². The summed E-state index contributed by atoms with van der Waals surface area (Å²) in [5.74, 6) is 1.05. The van der Waals surface area contributed by atoms with Crippen molar-refractivity contribution < 1.29 is 13.9 Å². The zero-order valence-electron chi connectivity index (χ0n) is 15.3. The van der Waals surface area contributed by atoms with E-state index in [0.29, 0.717) is 41.1 Å². The van der Waals surface area contributed by atoms with Crippen molar-refractivity contribution in [3.63, 3.8) is 0 Å². The lowest BCUT2D eigenvalue weighted by atomic mass is 10.1. The Labute approximate surface area is 162 Å². The number of aromatic nitrogens is 1. The van der Waals surface area contributed by atoms with E-state index in [2.05, 4.69) is 15.6 Å². The van der Waals surface area contributed by atoms with Gasteiger partial charge in [0.2, 0.25) is 0 Å². The fourth-order valence-corrected chi connectivity index (χ4v) is 4.08. The Balaban J connectivity index is 1.22. The molecule has 3 aliphatic rings. The Morgan fingerprint density at radius 1 is 1.14 bits per heavy atom. The number of halogens is 1. The lowest BCUT2D eigenvalue weighted by molar-refractivity contribution is -0.00741. The van der Waals surface area contributed by atoms with Crippen molar-refractivity contribution in [3.8, 4) is 11.3 Å². The normalized spacial score (nSPS) is 25.9. The number of hydrogen-bond donors (Lipinski definition) is 3. The molecule has 0 spiro atoms. The maximum atomic E-state index is 13.1. The second-order valence-corrected chi connectivity index (χ2v) is 7.73. The first-order valence-corrected chi connectivity index (χ1v) is 9.50. The number of carbonyl (C=O) groups is 1. The fraction of sp³-hybridized carbons (Fsp3) is 0.400. The number of amides is 2. The van der Waals surface area contributed by atoms with Gasteiger partial charge in [-0.2, -0.15) is 0 Å². The molecule has 1 aromatic heterocycles. The Bertz CT molecular complexity index is 890. The standard InChI is InChI=1S/C20H22FN5O2/c21-12-3-1-11(2-4-12)17-6-5-16(22)19(24-17)25-20(27)26-7-14-15(8-26)18(14)23-13-9-28-10-13/h1-6,13-15,18,23H,7-10,22H2,(H,24,25,27)/t14-,15?,18+/m0/s1. The van der Waals surface area contributed by atoms with Crippen LogP contribution in [0, 0.1) is 17.7 Å². The smallest absolute Gasteiger partial charge is 0.323 e. The Morgan fingerprint density at radius 3 is 2.50 bits per heavy atom. The second-order valence-electron chi connectivity index (χ2n) is 7.73. The van der Waals surface area contributed by atoms with Gasteiger partial charge in [0.25, 0.3) is 0 Å². The van der Waals surface area contributed by atoms with Crippen LogP contribution in [0.3, 0.4) is 0 Å². The summed E-state index contributed by atoms with van der Waals surface area (Å²) in [7, 11) is 0. The summed E-state index contributed by atoms with van der Waals surface area (Å²) in [4.78, 5) is 18.9. The van der Waals surface area contributed by atoms with Gasteiger partial charge in [-0.15, -0.1) is 0 Å². The number of nitrogens with one attached hydrogen (secondary N) is 2. The van der Waals surface area contributed by atoms with Crippen molar-refractivity contribution >= 4 is 17.5 Å². The second kappa shape index (κ2) is 6.72. The van der Waals surface area contributed by atoms with Crippen molar-refractivity contribution in [3.05, 3.63) is 42.2 Å². The van der Waals surface area contributed by atoms with Gasteiger partial charge in [0.1, 0.15) is 5.82 Å². The number of nitrogens with zero attached hydrogens (tertiary/aromatic N) is 2. The number of rotatable bonds is 4. The molecular weight excluding hydrogens is 361 g/mol. The predicted octanol–water partition coefficient (Wildman–Crippen LogP) is 1.92. The highest BCUT2D eigenvalue weighted by Gasteiger charge is 2.57. The van der Waals surface area contributed by atoms with Crippen molar-refractivity contribution in [1.82, 2.24) is 15.2 Å². The van der Waals surface area contributed by atoms with Crippen molar-refractivity contribution in [2.24, 2.45) is 11.8 Å². The minimum Gasteiger partial charge on any atom is -0.396 e. The van der Waals surface area contributed by atoms with E-state index in [9.17, 15) is 9.18 Å². The average Bonchev–Trinajstić information content (AvgIpc) is 3.08. The highest BCUT2D eigenvalue weighted by atomic mass is 19.1. The molecule has 2 aliphatic heterocycles. The number of piperidine rings is 1. The number of nitrogens with two attached hydrogens (primary N) is 1. The summed E-state index contributed by atoms with van der Waals surface area (Å²) >= 11 is 0. The third-order valence-corrected chi connectivity index (χ3v) is 5.84. The van der Waals surface area contributed by atoms with Crippen LogP contribution in [0.25, 0.3) is 11.3 Å². The van der Waals surface area contributed by atoms with Crippen molar-refractivity contribution in [2.75, 3.05) is 37.4 Å². The Kier molecular flexibility index (Phi) is 4.17. The van der Waals surface area contributed by atoms with Gasteiger partial charge in [-0.05, 0) is 48.2 Å². The first-order chi connectivity index (χ1) is 13.6. The monoisotopic (exact) mass is 383 g/mol. The van der Waals surface area contributed by atoms with Gasteiger partial charge in [0.15, 0.2) is 5.82 Å². The summed E-state index contributed by atoms with van der Waals surface area (Å²) < 4.78 is 18.3. The Hall–Kier alpha value is -2.71. The van der Waals surface area contributed by atoms with Crippen LogP contribution in [0.2, 0.25) is 0 Å². The van der Waals surface area contributed by atoms with Crippen LogP contribution >= 0.6 is 0 Å². The molecule has 2 aromatic rings. The first kappa shape index (κ1) is 17.4. The van der Waals surface area contributed by atoms with Gasteiger partial charge in [0, 0.05) is 24.7 Å². The van der Waals surface area contributed by atoms with Crippen LogP contribution < -0.4 is 16.4 Å². The molecule has 146 valence electrons. The summed E-state index contributed by atoms with van der Waals surface area (Å²) in [6.45, 7) is 3.05. The number of pyridine rings is 1. The van der Waals surface area contributed by atoms with Crippen LogP contribution in [0.1, 0.15) is 0 Å². The molecule has 28 heavy (non-hydrogen) atoms. The number of fused-ring (bicyclic) bond motifs is 1. The van der Waals surface area contributed by atoms with Crippen LogP contribution in [-0.4, -0.2) is 54.3 Å². The molecular formula is C20H22FN5O2. The third kappa shape index (κ3) is 3.18. The lowest BCUT2D eigenvalue weighted by Gasteiger charge is -2.29. The zero-order valence-corrected chi connectivity index (χ0v) is 15.3. The molecule has 0 bridgehead atoms. The molecule has 1 unspecified atom stereocenters. The van der Waals surface area contributed by atoms with E-state index in [0.717, 1.165) is 31.9 Å². The van der Waals surface area contributed by atoms with Crippen LogP contribution in [-0.2, 0) is 4.74 Å². The largest absolute Gasteiger partial charge is 0.396 e. The molecule has 5 rings (SSSR count). The first-order valence-electron chi connectivity index (χ1n) is 9.50. The molecule has 1 aromatic carbocycles. The number of carbonyl (C=O) groups excluding carboxylic acids is 1. The number of likely N-dealkylation sites (tertiary alicyclic amines) is 1. The van der Waals surface area contributed by atoms with Gasteiger partial charge in [-0.3, -0.25) is 5.32 Å². The van der Waals surface area contributed by atoms with Gasteiger partial charge < -0.3 is 20.7 Å². The predicted molar refractivity (Wildman–Crippen MR) is 103 cm³/mol. The highest BCUT2D eigenvalue weighted by molar-refractivity contribution is 5.92. The van der Waals surface area contributed by atoms with Crippen LogP contribution in [0.15, 0.2) is 36.4 Å².